The summed E-state index contributed by atoms with van der Waals surface area (Å²) in [6.07, 6.45) is 1.08. The molecule has 0 atom stereocenters. The summed E-state index contributed by atoms with van der Waals surface area (Å²) in [7, 11) is 0. The normalized spacial score (nSPS) is 16.1. The van der Waals surface area contributed by atoms with E-state index in [1.807, 2.05) is 6.07 Å². The van der Waals surface area contributed by atoms with Crippen LogP contribution in [0, 0.1) is 5.41 Å². The second-order valence-corrected chi connectivity index (χ2v) is 5.73. The molecular weight excluding hydrogens is 230 g/mol. The van der Waals surface area contributed by atoms with E-state index in [-0.39, 0.29) is 5.41 Å². The first kappa shape index (κ1) is 12.6. The van der Waals surface area contributed by atoms with Gasteiger partial charge in [-0.25, -0.2) is 0 Å². The van der Waals surface area contributed by atoms with E-state index >= 15 is 0 Å². The number of benzene rings is 1. The molecule has 0 bridgehead atoms. The molecule has 0 saturated heterocycles. The monoisotopic (exact) mass is 251 g/mol. The summed E-state index contributed by atoms with van der Waals surface area (Å²) in [6.45, 7) is 7.42. The van der Waals surface area contributed by atoms with Gasteiger partial charge in [-0.2, -0.15) is 12.6 Å². The molecule has 3 heteroatoms. The van der Waals surface area contributed by atoms with Crippen LogP contribution in [0.4, 0.5) is 5.69 Å². The van der Waals surface area contributed by atoms with Gasteiger partial charge in [0, 0.05) is 13.1 Å². The third-order valence-electron chi connectivity index (χ3n) is 3.08. The summed E-state index contributed by atoms with van der Waals surface area (Å²) in [5, 5.41) is 0. The number of ether oxygens (including phenoxy) is 1. The van der Waals surface area contributed by atoms with Gasteiger partial charge in [-0.3, -0.25) is 0 Å². The zero-order valence-electron chi connectivity index (χ0n) is 10.6. The van der Waals surface area contributed by atoms with Gasteiger partial charge in [-0.1, -0.05) is 26.0 Å². The standard InChI is InChI=1S/C14H21NOS/c1-14(2,11-17)10-15-8-5-9-16-13-7-4-3-6-12(13)15/h3-4,6-7,17H,5,8-11H2,1-2H3. The molecule has 1 aromatic carbocycles. The van der Waals surface area contributed by atoms with Crippen molar-refractivity contribution >= 4 is 18.3 Å². The first-order chi connectivity index (χ1) is 8.12. The van der Waals surface area contributed by atoms with Crippen LogP contribution in [0.1, 0.15) is 20.3 Å². The maximum Gasteiger partial charge on any atom is 0.142 e. The Bertz CT molecular complexity index is 378. The molecule has 0 amide bonds. The summed E-state index contributed by atoms with van der Waals surface area (Å²) in [5.41, 5.74) is 1.44. The zero-order valence-corrected chi connectivity index (χ0v) is 11.5. The Kier molecular flexibility index (Phi) is 3.87. The molecule has 0 fully saturated rings. The van der Waals surface area contributed by atoms with E-state index in [4.69, 9.17) is 4.74 Å². The van der Waals surface area contributed by atoms with E-state index in [1.54, 1.807) is 0 Å². The van der Waals surface area contributed by atoms with Gasteiger partial charge in [0.25, 0.3) is 0 Å². The van der Waals surface area contributed by atoms with Crippen LogP contribution >= 0.6 is 12.6 Å². The number of fused-ring (bicyclic) bond motifs is 1. The van der Waals surface area contributed by atoms with Crippen molar-refractivity contribution in [1.29, 1.82) is 0 Å². The van der Waals surface area contributed by atoms with Crippen molar-refractivity contribution in [3.05, 3.63) is 24.3 Å². The lowest BCUT2D eigenvalue weighted by molar-refractivity contribution is 0.321. The molecule has 2 nitrogen and oxygen atoms in total. The molecule has 1 aromatic rings. The Morgan fingerprint density at radius 1 is 1.35 bits per heavy atom. The molecule has 94 valence electrons. The maximum atomic E-state index is 5.77. The van der Waals surface area contributed by atoms with E-state index in [2.05, 4.69) is 49.6 Å². The molecule has 0 spiro atoms. The summed E-state index contributed by atoms with van der Waals surface area (Å²) >= 11 is 4.44. The van der Waals surface area contributed by atoms with Crippen LogP contribution in [0.5, 0.6) is 5.75 Å². The fourth-order valence-corrected chi connectivity index (χ4v) is 2.23. The second kappa shape index (κ2) is 5.21. The van der Waals surface area contributed by atoms with Crippen LogP contribution in [0.3, 0.4) is 0 Å². The van der Waals surface area contributed by atoms with E-state index < -0.39 is 0 Å². The van der Waals surface area contributed by atoms with Crippen molar-refractivity contribution in [2.24, 2.45) is 5.41 Å². The molecule has 17 heavy (non-hydrogen) atoms. The summed E-state index contributed by atoms with van der Waals surface area (Å²) in [6, 6.07) is 8.32. The third kappa shape index (κ3) is 3.09. The zero-order chi connectivity index (χ0) is 12.3. The van der Waals surface area contributed by atoms with Crippen molar-refractivity contribution in [1.82, 2.24) is 0 Å². The minimum Gasteiger partial charge on any atom is -0.491 e. The smallest absolute Gasteiger partial charge is 0.142 e. The second-order valence-electron chi connectivity index (χ2n) is 5.41. The lowest BCUT2D eigenvalue weighted by Crippen LogP contribution is -2.35. The van der Waals surface area contributed by atoms with E-state index in [1.165, 1.54) is 5.69 Å². The van der Waals surface area contributed by atoms with Gasteiger partial charge in [0.15, 0.2) is 0 Å². The fraction of sp³-hybridized carbons (Fsp3) is 0.571. The van der Waals surface area contributed by atoms with Gasteiger partial charge in [0.05, 0.1) is 12.3 Å². The lowest BCUT2D eigenvalue weighted by Gasteiger charge is -2.32. The summed E-state index contributed by atoms with van der Waals surface area (Å²) in [5.74, 6) is 1.91. The average Bonchev–Trinajstić information content (AvgIpc) is 2.52. The Morgan fingerprint density at radius 2 is 2.12 bits per heavy atom. The van der Waals surface area contributed by atoms with Gasteiger partial charge in [0.2, 0.25) is 0 Å². The van der Waals surface area contributed by atoms with Gasteiger partial charge >= 0.3 is 0 Å². The number of anilines is 1. The molecule has 0 unspecified atom stereocenters. The number of hydrogen-bond donors (Lipinski definition) is 1. The van der Waals surface area contributed by atoms with Crippen LogP contribution < -0.4 is 9.64 Å². The Balaban J connectivity index is 2.23. The fourth-order valence-electron chi connectivity index (χ4n) is 2.13. The lowest BCUT2D eigenvalue weighted by atomic mass is 9.95. The minimum absolute atomic E-state index is 0.223. The quantitative estimate of drug-likeness (QED) is 0.828. The Morgan fingerprint density at radius 3 is 2.88 bits per heavy atom. The number of para-hydroxylation sites is 2. The topological polar surface area (TPSA) is 12.5 Å². The SMILES string of the molecule is CC(C)(CS)CN1CCCOc2ccccc21. The predicted octanol–water partition coefficient (Wildman–Crippen LogP) is 3.23. The van der Waals surface area contributed by atoms with Crippen LogP contribution in [0.15, 0.2) is 24.3 Å². The van der Waals surface area contributed by atoms with Crippen molar-refractivity contribution in [3.8, 4) is 5.75 Å². The van der Waals surface area contributed by atoms with Crippen molar-refractivity contribution in [2.45, 2.75) is 20.3 Å². The van der Waals surface area contributed by atoms with Crippen LogP contribution in [-0.2, 0) is 0 Å². The van der Waals surface area contributed by atoms with Gasteiger partial charge < -0.3 is 9.64 Å². The van der Waals surface area contributed by atoms with E-state index in [0.717, 1.165) is 37.6 Å². The van der Waals surface area contributed by atoms with Crippen LogP contribution in [0.2, 0.25) is 0 Å². The molecule has 2 rings (SSSR count). The summed E-state index contributed by atoms with van der Waals surface area (Å²) < 4.78 is 5.77. The van der Waals surface area contributed by atoms with Crippen LogP contribution in [-0.4, -0.2) is 25.4 Å². The molecule has 1 heterocycles. The largest absolute Gasteiger partial charge is 0.491 e. The number of hydrogen-bond acceptors (Lipinski definition) is 3. The van der Waals surface area contributed by atoms with Gasteiger partial charge in [0.1, 0.15) is 5.75 Å². The highest BCUT2D eigenvalue weighted by molar-refractivity contribution is 7.80. The van der Waals surface area contributed by atoms with Crippen molar-refractivity contribution in [3.63, 3.8) is 0 Å². The van der Waals surface area contributed by atoms with Crippen LogP contribution in [0.25, 0.3) is 0 Å². The molecule has 0 aromatic heterocycles. The first-order valence-corrected chi connectivity index (χ1v) is 6.83. The molecule has 0 radical (unpaired) electrons. The van der Waals surface area contributed by atoms with E-state index in [0.29, 0.717) is 0 Å². The molecule has 1 aliphatic heterocycles. The molecule has 1 aliphatic rings. The molecule has 0 N–H and O–H groups in total. The highest BCUT2D eigenvalue weighted by atomic mass is 32.1. The maximum absolute atomic E-state index is 5.77. The van der Waals surface area contributed by atoms with Crippen molar-refractivity contribution < 1.29 is 4.74 Å². The molecule has 0 saturated carbocycles. The average molecular weight is 251 g/mol. The van der Waals surface area contributed by atoms with Gasteiger partial charge in [-0.15, -0.1) is 0 Å². The predicted molar refractivity (Wildman–Crippen MR) is 76.4 cm³/mol. The Labute approximate surface area is 109 Å². The third-order valence-corrected chi connectivity index (χ3v) is 3.94. The van der Waals surface area contributed by atoms with E-state index in [9.17, 15) is 0 Å². The van der Waals surface area contributed by atoms with Crippen molar-refractivity contribution in [2.75, 3.05) is 30.3 Å². The molecule has 0 aliphatic carbocycles. The first-order valence-electron chi connectivity index (χ1n) is 6.20. The number of thiol groups is 1. The highest BCUT2D eigenvalue weighted by Gasteiger charge is 2.23. The Hall–Kier alpha value is -0.830. The molecular formula is C14H21NOS. The van der Waals surface area contributed by atoms with Gasteiger partial charge in [-0.05, 0) is 29.7 Å². The number of nitrogens with zero attached hydrogens (tertiary/aromatic N) is 1. The number of rotatable bonds is 3. The highest BCUT2D eigenvalue weighted by Crippen LogP contribution is 2.32. The minimum atomic E-state index is 0.223. The summed E-state index contributed by atoms with van der Waals surface area (Å²) in [4.78, 5) is 2.43.